The lowest BCUT2D eigenvalue weighted by Gasteiger charge is -2.43. The lowest BCUT2D eigenvalue weighted by molar-refractivity contribution is 0.0732. The van der Waals surface area contributed by atoms with Crippen LogP contribution in [-0.4, -0.2) is 65.6 Å². The highest BCUT2D eigenvalue weighted by molar-refractivity contribution is 5.69. The summed E-state index contributed by atoms with van der Waals surface area (Å²) >= 11 is 0. The van der Waals surface area contributed by atoms with E-state index < -0.39 is 0 Å². The van der Waals surface area contributed by atoms with E-state index in [0.717, 1.165) is 50.5 Å². The molecule has 4 fully saturated rings. The van der Waals surface area contributed by atoms with Crippen molar-refractivity contribution < 1.29 is 9.53 Å². The van der Waals surface area contributed by atoms with Gasteiger partial charge in [0.05, 0.1) is 6.04 Å². The van der Waals surface area contributed by atoms with Crippen molar-refractivity contribution in [3.8, 4) is 0 Å². The van der Waals surface area contributed by atoms with Gasteiger partial charge in [0.1, 0.15) is 6.61 Å². The number of amides is 1. The summed E-state index contributed by atoms with van der Waals surface area (Å²) in [7, 11) is 0. The van der Waals surface area contributed by atoms with Crippen molar-refractivity contribution >= 4 is 6.09 Å². The molecule has 2 saturated carbocycles. The molecule has 2 aliphatic heterocycles. The summed E-state index contributed by atoms with van der Waals surface area (Å²) in [5.74, 6) is 0.665. The van der Waals surface area contributed by atoms with Crippen LogP contribution >= 0.6 is 0 Å². The number of allylic oxidation sites excluding steroid dienone is 2. The highest BCUT2D eigenvalue weighted by atomic mass is 16.6. The number of carbonyl (C=O) groups excluding carboxylic acids is 1. The van der Waals surface area contributed by atoms with Crippen LogP contribution in [0.15, 0.2) is 53.8 Å². The van der Waals surface area contributed by atoms with E-state index >= 15 is 0 Å². The van der Waals surface area contributed by atoms with Crippen LogP contribution in [-0.2, 0) is 11.3 Å². The second-order valence-electron chi connectivity index (χ2n) is 11.6. The quantitative estimate of drug-likeness (QED) is 0.569. The molecule has 35 heavy (non-hydrogen) atoms. The molecule has 0 aromatic heterocycles. The van der Waals surface area contributed by atoms with Crippen molar-refractivity contribution in [2.24, 2.45) is 11.3 Å². The smallest absolute Gasteiger partial charge is 0.410 e. The molecule has 0 spiro atoms. The maximum absolute atomic E-state index is 13.2. The number of hydrogen-bond acceptors (Lipinski definition) is 4. The average molecular weight is 476 g/mol. The minimum Gasteiger partial charge on any atom is -0.445 e. The van der Waals surface area contributed by atoms with Gasteiger partial charge in [0, 0.05) is 44.5 Å². The molecular weight excluding hydrogens is 434 g/mol. The lowest BCUT2D eigenvalue weighted by atomic mass is 9.71. The number of benzene rings is 1. The SMILES string of the molecule is CC12CC=C(N3CCN(C4CCCCC4)CC3)C=C1[C@H]1CC2CCN1C(=O)OCc1ccccc1. The van der Waals surface area contributed by atoms with Crippen LogP contribution in [0, 0.1) is 11.3 Å². The third-order valence-corrected chi connectivity index (χ3v) is 9.77. The predicted octanol–water partition coefficient (Wildman–Crippen LogP) is 5.59. The minimum atomic E-state index is -0.153. The number of ether oxygens (including phenoxy) is 1. The van der Waals surface area contributed by atoms with E-state index in [1.165, 1.54) is 56.5 Å². The highest BCUT2D eigenvalue weighted by Gasteiger charge is 2.54. The zero-order valence-electron chi connectivity index (χ0n) is 21.3. The Labute approximate surface area is 210 Å². The zero-order valence-corrected chi connectivity index (χ0v) is 21.3. The van der Waals surface area contributed by atoms with Crippen LogP contribution in [0.4, 0.5) is 4.79 Å². The second kappa shape index (κ2) is 9.65. The number of nitrogens with zero attached hydrogens (tertiary/aromatic N) is 3. The first-order valence-corrected chi connectivity index (χ1v) is 14.0. The molecule has 0 N–H and O–H groups in total. The number of carbonyl (C=O) groups is 1. The molecule has 2 unspecified atom stereocenters. The van der Waals surface area contributed by atoms with E-state index in [1.807, 2.05) is 35.2 Å². The average Bonchev–Trinajstić information content (AvgIpc) is 3.14. The van der Waals surface area contributed by atoms with E-state index in [4.69, 9.17) is 4.74 Å². The number of likely N-dealkylation sites (tertiary alicyclic amines) is 1. The molecule has 2 heterocycles. The monoisotopic (exact) mass is 475 g/mol. The second-order valence-corrected chi connectivity index (χ2v) is 11.6. The van der Waals surface area contributed by atoms with Crippen molar-refractivity contribution in [3.05, 3.63) is 59.3 Å². The van der Waals surface area contributed by atoms with Crippen LogP contribution in [0.1, 0.15) is 63.9 Å². The molecule has 1 amide bonds. The number of rotatable bonds is 4. The maximum atomic E-state index is 13.2. The van der Waals surface area contributed by atoms with Crippen LogP contribution in [0.5, 0.6) is 0 Å². The Kier molecular flexibility index (Phi) is 6.38. The Balaban J connectivity index is 1.13. The highest BCUT2D eigenvalue weighted by Crippen LogP contribution is 2.57. The summed E-state index contributed by atoms with van der Waals surface area (Å²) in [6, 6.07) is 11.0. The van der Waals surface area contributed by atoms with Gasteiger partial charge in [-0.15, -0.1) is 0 Å². The fourth-order valence-electron chi connectivity index (χ4n) is 7.57. The zero-order chi connectivity index (χ0) is 23.8. The Morgan fingerprint density at radius 2 is 1.77 bits per heavy atom. The third-order valence-electron chi connectivity index (χ3n) is 9.77. The Hall–Kier alpha value is -2.27. The maximum Gasteiger partial charge on any atom is 0.410 e. The molecule has 3 aliphatic carbocycles. The molecule has 5 nitrogen and oxygen atoms in total. The van der Waals surface area contributed by atoms with Gasteiger partial charge in [0.15, 0.2) is 0 Å². The molecule has 3 atom stereocenters. The molecule has 2 saturated heterocycles. The van der Waals surface area contributed by atoms with Crippen LogP contribution in [0.3, 0.4) is 0 Å². The van der Waals surface area contributed by atoms with Gasteiger partial charge in [-0.2, -0.15) is 0 Å². The summed E-state index contributed by atoms with van der Waals surface area (Å²) in [6.45, 7) is 8.22. The van der Waals surface area contributed by atoms with Gasteiger partial charge < -0.3 is 14.5 Å². The minimum absolute atomic E-state index is 0.153. The summed E-state index contributed by atoms with van der Waals surface area (Å²) in [5, 5.41) is 0. The summed E-state index contributed by atoms with van der Waals surface area (Å²) in [6.07, 6.45) is 15.1. The van der Waals surface area contributed by atoms with Crippen LogP contribution in [0.25, 0.3) is 0 Å². The van der Waals surface area contributed by atoms with Gasteiger partial charge in [-0.05, 0) is 60.6 Å². The topological polar surface area (TPSA) is 36.0 Å². The number of piperidine rings is 1. The Morgan fingerprint density at radius 1 is 1.00 bits per heavy atom. The van der Waals surface area contributed by atoms with Gasteiger partial charge in [-0.25, -0.2) is 4.79 Å². The van der Waals surface area contributed by atoms with Gasteiger partial charge in [-0.1, -0.05) is 62.6 Å². The van der Waals surface area contributed by atoms with Crippen LogP contribution < -0.4 is 0 Å². The van der Waals surface area contributed by atoms with Crippen molar-refractivity contribution in [2.45, 2.75) is 77.0 Å². The van der Waals surface area contributed by atoms with E-state index in [0.29, 0.717) is 12.5 Å². The first-order valence-electron chi connectivity index (χ1n) is 14.0. The fraction of sp³-hybridized carbons (Fsp3) is 0.633. The van der Waals surface area contributed by atoms with Gasteiger partial charge in [-0.3, -0.25) is 4.90 Å². The molecule has 6 rings (SSSR count). The molecule has 2 bridgehead atoms. The number of hydrogen-bond donors (Lipinski definition) is 0. The van der Waals surface area contributed by atoms with E-state index in [-0.39, 0.29) is 17.6 Å². The van der Waals surface area contributed by atoms with Crippen molar-refractivity contribution in [3.63, 3.8) is 0 Å². The summed E-state index contributed by atoms with van der Waals surface area (Å²) in [5.41, 5.74) is 4.10. The number of piperazine rings is 1. The van der Waals surface area contributed by atoms with E-state index in [1.54, 1.807) is 0 Å². The van der Waals surface area contributed by atoms with Gasteiger partial charge >= 0.3 is 6.09 Å². The lowest BCUT2D eigenvalue weighted by Crippen LogP contribution is -2.50. The fourth-order valence-corrected chi connectivity index (χ4v) is 7.57. The molecular formula is C30H41N3O2. The Bertz CT molecular complexity index is 975. The molecule has 188 valence electrons. The number of fused-ring (bicyclic) bond motifs is 5. The first-order chi connectivity index (χ1) is 17.1. The normalized spacial score (nSPS) is 31.6. The van der Waals surface area contributed by atoms with Gasteiger partial charge in [0.25, 0.3) is 0 Å². The van der Waals surface area contributed by atoms with Crippen molar-refractivity contribution in [1.82, 2.24) is 14.7 Å². The molecule has 5 heteroatoms. The van der Waals surface area contributed by atoms with Crippen molar-refractivity contribution in [2.75, 3.05) is 32.7 Å². The van der Waals surface area contributed by atoms with E-state index in [9.17, 15) is 4.79 Å². The standard InChI is InChI=1S/C30H41N3O2/c1-30-14-12-26(32-18-16-31(17-19-32)25-10-6-3-7-11-25)21-27(30)28-20-24(30)13-15-33(28)29(34)35-22-23-8-4-2-5-9-23/h2,4-5,8-9,12,21,24-25,28H,3,6-7,10-11,13-20,22H2,1H3/t24?,28-,30?/m1/s1. The predicted molar refractivity (Wildman–Crippen MR) is 139 cm³/mol. The summed E-state index contributed by atoms with van der Waals surface area (Å²) in [4.78, 5) is 20.5. The van der Waals surface area contributed by atoms with Crippen LogP contribution in [0.2, 0.25) is 0 Å². The molecule has 0 radical (unpaired) electrons. The largest absolute Gasteiger partial charge is 0.445 e. The van der Waals surface area contributed by atoms with E-state index in [2.05, 4.69) is 28.9 Å². The molecule has 5 aliphatic rings. The summed E-state index contributed by atoms with van der Waals surface area (Å²) < 4.78 is 5.77. The first kappa shape index (κ1) is 23.1. The molecule has 1 aromatic rings. The van der Waals surface area contributed by atoms with Crippen molar-refractivity contribution in [1.29, 1.82) is 0 Å². The third kappa shape index (κ3) is 4.41. The van der Waals surface area contributed by atoms with Gasteiger partial charge in [0.2, 0.25) is 0 Å². The molecule has 1 aromatic carbocycles. The Morgan fingerprint density at radius 3 is 2.54 bits per heavy atom.